The Morgan fingerprint density at radius 3 is 2.55 bits per heavy atom. The van der Waals surface area contributed by atoms with Crippen LogP contribution in [0.1, 0.15) is 12.8 Å². The van der Waals surface area contributed by atoms with E-state index in [4.69, 9.17) is 5.10 Å². The van der Waals surface area contributed by atoms with Crippen molar-refractivity contribution in [2.75, 3.05) is 11.9 Å². The Morgan fingerprint density at radius 1 is 1.23 bits per heavy atom. The number of para-hydroxylation sites is 1. The van der Waals surface area contributed by atoms with Crippen LogP contribution in [-0.2, 0) is 0 Å². The third-order valence-electron chi connectivity index (χ3n) is 3.89. The third-order valence-corrected chi connectivity index (χ3v) is 3.89. The quantitative estimate of drug-likeness (QED) is 0.790. The number of anilines is 1. The van der Waals surface area contributed by atoms with Crippen LogP contribution in [0, 0.1) is 5.92 Å². The summed E-state index contributed by atoms with van der Waals surface area (Å²) in [6.07, 6.45) is 6.13. The van der Waals surface area contributed by atoms with Crippen LogP contribution >= 0.6 is 0 Å². The van der Waals surface area contributed by atoms with Crippen LogP contribution in [0.2, 0.25) is 0 Å². The number of hydrogen-bond donors (Lipinski definition) is 1. The number of allylic oxidation sites excluding steroid dienone is 2. The second kappa shape index (κ2) is 6.06. The molecule has 0 bridgehead atoms. The molecule has 0 saturated heterocycles. The van der Waals surface area contributed by atoms with Crippen molar-refractivity contribution in [1.29, 1.82) is 0 Å². The van der Waals surface area contributed by atoms with Crippen molar-refractivity contribution in [3.8, 4) is 0 Å². The van der Waals surface area contributed by atoms with Gasteiger partial charge in [-0.05, 0) is 25.0 Å². The van der Waals surface area contributed by atoms with Crippen LogP contribution in [0.25, 0.3) is 0 Å². The highest BCUT2D eigenvalue weighted by molar-refractivity contribution is 6.07. The number of benzene rings is 1. The van der Waals surface area contributed by atoms with Crippen molar-refractivity contribution in [3.63, 3.8) is 0 Å². The van der Waals surface area contributed by atoms with E-state index in [1.165, 1.54) is 12.8 Å². The average molecular weight is 291 g/mol. The predicted octanol–water partition coefficient (Wildman–Crippen LogP) is 4.32. The van der Waals surface area contributed by atoms with E-state index in [0.29, 0.717) is 12.5 Å². The van der Waals surface area contributed by atoms with Gasteiger partial charge in [-0.3, -0.25) is 5.01 Å². The Labute approximate surface area is 132 Å². The smallest absolute Gasteiger partial charge is 0.0767 e. The van der Waals surface area contributed by atoms with Crippen LogP contribution in [-0.4, -0.2) is 17.3 Å². The molecule has 2 aliphatic rings. The molecule has 1 aromatic carbocycles. The van der Waals surface area contributed by atoms with Gasteiger partial charge in [0, 0.05) is 17.2 Å². The first kappa shape index (κ1) is 14.4. The first-order valence-electron chi connectivity index (χ1n) is 7.60. The van der Waals surface area contributed by atoms with Crippen LogP contribution in [0.3, 0.4) is 0 Å². The molecule has 1 heterocycles. The molecule has 112 valence electrons. The topological polar surface area (TPSA) is 27.6 Å². The fraction of sp³-hybridized carbons (Fsp3) is 0.211. The summed E-state index contributed by atoms with van der Waals surface area (Å²) in [7, 11) is 0. The Balaban J connectivity index is 2.00. The zero-order valence-electron chi connectivity index (χ0n) is 12.8. The minimum Gasteiger partial charge on any atom is -0.353 e. The van der Waals surface area contributed by atoms with Gasteiger partial charge in [0.25, 0.3) is 0 Å². The van der Waals surface area contributed by atoms with Gasteiger partial charge in [0.05, 0.1) is 23.7 Å². The summed E-state index contributed by atoms with van der Waals surface area (Å²) >= 11 is 0. The van der Waals surface area contributed by atoms with Crippen molar-refractivity contribution >= 4 is 11.4 Å². The number of hydrogen-bond acceptors (Lipinski definition) is 3. The highest BCUT2D eigenvalue weighted by Gasteiger charge is 2.34. The van der Waals surface area contributed by atoms with E-state index >= 15 is 0 Å². The molecule has 1 aliphatic carbocycles. The van der Waals surface area contributed by atoms with Gasteiger partial charge in [-0.2, -0.15) is 5.10 Å². The fourth-order valence-electron chi connectivity index (χ4n) is 2.60. The molecule has 3 nitrogen and oxygen atoms in total. The molecule has 1 aliphatic heterocycles. The molecule has 0 unspecified atom stereocenters. The lowest BCUT2D eigenvalue weighted by Gasteiger charge is -2.30. The normalized spacial score (nSPS) is 18.1. The van der Waals surface area contributed by atoms with Gasteiger partial charge < -0.3 is 5.32 Å². The van der Waals surface area contributed by atoms with E-state index < -0.39 is 0 Å². The van der Waals surface area contributed by atoms with E-state index in [-0.39, 0.29) is 0 Å². The largest absolute Gasteiger partial charge is 0.353 e. The maximum absolute atomic E-state index is 4.77. The van der Waals surface area contributed by atoms with Gasteiger partial charge >= 0.3 is 0 Å². The Hall–Kier alpha value is -2.55. The summed E-state index contributed by atoms with van der Waals surface area (Å²) in [5.41, 5.74) is 5.05. The van der Waals surface area contributed by atoms with Crippen molar-refractivity contribution in [2.24, 2.45) is 11.0 Å². The molecule has 0 aromatic heterocycles. The molecule has 0 spiro atoms. The number of nitrogens with zero attached hydrogens (tertiary/aromatic N) is 2. The van der Waals surface area contributed by atoms with E-state index in [2.05, 4.69) is 25.1 Å². The van der Waals surface area contributed by atoms with Gasteiger partial charge in [0.1, 0.15) is 0 Å². The van der Waals surface area contributed by atoms with Crippen molar-refractivity contribution in [3.05, 3.63) is 79.2 Å². The minimum atomic E-state index is 0.543. The molecule has 0 atom stereocenters. The Kier molecular flexibility index (Phi) is 3.96. The van der Waals surface area contributed by atoms with Gasteiger partial charge in [-0.1, -0.05) is 43.5 Å². The highest BCUT2D eigenvalue weighted by Crippen LogP contribution is 2.38. The van der Waals surface area contributed by atoms with E-state index in [1.807, 2.05) is 47.5 Å². The summed E-state index contributed by atoms with van der Waals surface area (Å²) in [6.45, 7) is 12.7. The number of hydrazone groups is 1. The third kappa shape index (κ3) is 2.75. The number of rotatable bonds is 6. The molecule has 0 amide bonds. The standard InChI is InChI=1S/C19H21N3/c1-4-13-22-14(3)18(20-16-9-7-6-8-10-16)17(5-2)19(21-22)15-11-12-15/h4-10,15,20H,1-3,11-13H2. The van der Waals surface area contributed by atoms with Gasteiger partial charge in [-0.25, -0.2) is 0 Å². The second-order valence-corrected chi connectivity index (χ2v) is 5.56. The average Bonchev–Trinajstić information content (AvgIpc) is 3.37. The second-order valence-electron chi connectivity index (χ2n) is 5.56. The molecule has 1 fully saturated rings. The molecule has 0 radical (unpaired) electrons. The minimum absolute atomic E-state index is 0.543. The first-order chi connectivity index (χ1) is 10.7. The van der Waals surface area contributed by atoms with Gasteiger partial charge in [0.15, 0.2) is 0 Å². The van der Waals surface area contributed by atoms with Crippen LogP contribution in [0.4, 0.5) is 5.69 Å². The Morgan fingerprint density at radius 2 is 1.95 bits per heavy atom. The molecule has 1 saturated carbocycles. The van der Waals surface area contributed by atoms with Gasteiger partial charge in [0.2, 0.25) is 0 Å². The predicted molar refractivity (Wildman–Crippen MR) is 93.5 cm³/mol. The lowest BCUT2D eigenvalue weighted by Crippen LogP contribution is -2.29. The molecule has 22 heavy (non-hydrogen) atoms. The van der Waals surface area contributed by atoms with E-state index in [1.54, 1.807) is 0 Å². The summed E-state index contributed by atoms with van der Waals surface area (Å²) < 4.78 is 0. The van der Waals surface area contributed by atoms with Crippen LogP contribution < -0.4 is 5.32 Å². The van der Waals surface area contributed by atoms with E-state index in [0.717, 1.165) is 28.4 Å². The van der Waals surface area contributed by atoms with Crippen molar-refractivity contribution in [2.45, 2.75) is 12.8 Å². The molecule has 1 aromatic rings. The zero-order valence-corrected chi connectivity index (χ0v) is 12.8. The fourth-order valence-corrected chi connectivity index (χ4v) is 2.60. The Bertz CT molecular complexity index is 663. The molecule has 3 heteroatoms. The van der Waals surface area contributed by atoms with Crippen molar-refractivity contribution in [1.82, 2.24) is 5.01 Å². The maximum Gasteiger partial charge on any atom is 0.0767 e. The first-order valence-corrected chi connectivity index (χ1v) is 7.60. The SMILES string of the molecule is C=CCN1N=C(C2CC2)C(C=C)=C(Nc2ccccc2)C1=C. The maximum atomic E-state index is 4.77. The van der Waals surface area contributed by atoms with Gasteiger partial charge in [-0.15, -0.1) is 6.58 Å². The van der Waals surface area contributed by atoms with Crippen LogP contribution in [0.5, 0.6) is 0 Å². The lowest BCUT2D eigenvalue weighted by molar-refractivity contribution is 0.407. The molecule has 3 rings (SSSR count). The summed E-state index contributed by atoms with van der Waals surface area (Å²) in [5.74, 6) is 0.543. The summed E-state index contributed by atoms with van der Waals surface area (Å²) in [4.78, 5) is 0. The number of nitrogens with one attached hydrogen (secondary N) is 1. The molecular formula is C19H21N3. The van der Waals surface area contributed by atoms with Crippen LogP contribution in [0.15, 0.2) is 84.3 Å². The van der Waals surface area contributed by atoms with Crippen molar-refractivity contribution < 1.29 is 0 Å². The molecular weight excluding hydrogens is 270 g/mol. The monoisotopic (exact) mass is 291 g/mol. The lowest BCUT2D eigenvalue weighted by atomic mass is 10.0. The van der Waals surface area contributed by atoms with E-state index in [9.17, 15) is 0 Å². The highest BCUT2D eigenvalue weighted by atomic mass is 15.5. The summed E-state index contributed by atoms with van der Waals surface area (Å²) in [5, 5.41) is 10.2. The molecule has 1 N–H and O–H groups in total. The zero-order chi connectivity index (χ0) is 15.5. The summed E-state index contributed by atoms with van der Waals surface area (Å²) in [6, 6.07) is 10.1.